The zero-order valence-electron chi connectivity index (χ0n) is 9.93. The van der Waals surface area contributed by atoms with E-state index in [1.165, 1.54) is 7.11 Å². The number of carbonyl (C=O) groups excluding carboxylic acids is 1. The maximum atomic E-state index is 11.1. The highest BCUT2D eigenvalue weighted by atomic mass is 79.9. The average Bonchev–Trinajstić information content (AvgIpc) is 2.85. The van der Waals surface area contributed by atoms with Crippen molar-refractivity contribution in [2.45, 2.75) is 24.2 Å². The van der Waals surface area contributed by atoms with Gasteiger partial charge in [-0.15, -0.1) is 0 Å². The van der Waals surface area contributed by atoms with E-state index in [2.05, 4.69) is 35.5 Å². The maximum absolute atomic E-state index is 11.1. The van der Waals surface area contributed by atoms with Crippen molar-refractivity contribution in [1.82, 2.24) is 14.9 Å². The molecule has 1 N–H and O–H groups in total. The average molecular weight is 304 g/mol. The van der Waals surface area contributed by atoms with Crippen LogP contribution < -0.4 is 5.32 Å². The van der Waals surface area contributed by atoms with E-state index < -0.39 is 0 Å². The molecule has 1 aromatic heterocycles. The van der Waals surface area contributed by atoms with Gasteiger partial charge in [0.2, 0.25) is 0 Å². The molecule has 1 atom stereocenters. The number of imidazole rings is 1. The van der Waals surface area contributed by atoms with Crippen LogP contribution in [0.2, 0.25) is 0 Å². The number of esters is 1. The molecule has 0 aliphatic rings. The molecule has 0 radical (unpaired) electrons. The second kappa shape index (κ2) is 8.25. The number of nitrogens with one attached hydrogen (secondary N) is 1. The maximum Gasteiger partial charge on any atom is 0.320 e. The number of carbonyl (C=O) groups is 1. The second-order valence-corrected chi connectivity index (χ2v) is 4.81. The van der Waals surface area contributed by atoms with E-state index in [0.29, 0.717) is 6.54 Å². The second-order valence-electron chi connectivity index (χ2n) is 3.70. The first-order chi connectivity index (χ1) is 8.24. The van der Waals surface area contributed by atoms with Gasteiger partial charge in [-0.3, -0.25) is 4.79 Å². The van der Waals surface area contributed by atoms with Crippen LogP contribution >= 0.6 is 15.9 Å². The number of aromatic nitrogens is 2. The minimum atomic E-state index is -0.263. The number of methoxy groups -OCH3 is 1. The lowest BCUT2D eigenvalue weighted by molar-refractivity contribution is -0.139. The standard InChI is InChI=1S/C11H18BrN3O2/c1-17-11(16)10(12)8-13-4-2-3-6-15-7-5-14-9-15/h5,7,9-10,13H,2-4,6,8H2,1H3. The van der Waals surface area contributed by atoms with Crippen LogP contribution in [-0.2, 0) is 16.1 Å². The highest BCUT2D eigenvalue weighted by Crippen LogP contribution is 2.00. The molecule has 17 heavy (non-hydrogen) atoms. The van der Waals surface area contributed by atoms with Crippen molar-refractivity contribution in [2.75, 3.05) is 20.2 Å². The Hall–Kier alpha value is -0.880. The quantitative estimate of drug-likeness (QED) is 0.445. The molecule has 1 heterocycles. The molecule has 0 aromatic carbocycles. The van der Waals surface area contributed by atoms with Gasteiger partial charge in [-0.2, -0.15) is 0 Å². The molecule has 0 spiro atoms. The molecule has 5 nitrogen and oxygen atoms in total. The molecule has 1 unspecified atom stereocenters. The van der Waals surface area contributed by atoms with Crippen LogP contribution in [-0.4, -0.2) is 40.5 Å². The third-order valence-corrected chi connectivity index (χ3v) is 3.06. The van der Waals surface area contributed by atoms with Gasteiger partial charge in [-0.05, 0) is 19.4 Å². The normalized spacial score (nSPS) is 12.4. The Morgan fingerprint density at radius 1 is 1.59 bits per heavy atom. The van der Waals surface area contributed by atoms with Gasteiger partial charge in [-0.1, -0.05) is 15.9 Å². The van der Waals surface area contributed by atoms with E-state index in [9.17, 15) is 4.79 Å². The van der Waals surface area contributed by atoms with Crippen molar-refractivity contribution >= 4 is 21.9 Å². The number of unbranched alkanes of at least 4 members (excludes halogenated alkanes) is 1. The van der Waals surface area contributed by atoms with Crippen LogP contribution in [0.1, 0.15) is 12.8 Å². The Bertz CT molecular complexity index is 317. The Kier molecular flexibility index (Phi) is 6.88. The van der Waals surface area contributed by atoms with Crippen molar-refractivity contribution in [3.8, 4) is 0 Å². The van der Waals surface area contributed by atoms with Crippen molar-refractivity contribution in [3.63, 3.8) is 0 Å². The molecule has 6 heteroatoms. The first-order valence-corrected chi connectivity index (χ1v) is 6.54. The number of halogens is 1. The highest BCUT2D eigenvalue weighted by molar-refractivity contribution is 9.10. The monoisotopic (exact) mass is 303 g/mol. The molecule has 1 aromatic rings. The van der Waals surface area contributed by atoms with Crippen molar-refractivity contribution in [2.24, 2.45) is 0 Å². The minimum absolute atomic E-state index is 0.240. The molecule has 96 valence electrons. The molecule has 0 aliphatic carbocycles. The molecule has 0 bridgehead atoms. The fraction of sp³-hybridized carbons (Fsp3) is 0.636. The van der Waals surface area contributed by atoms with E-state index in [0.717, 1.165) is 25.9 Å². The lowest BCUT2D eigenvalue weighted by Crippen LogP contribution is -2.30. The van der Waals surface area contributed by atoms with Crippen molar-refractivity contribution < 1.29 is 9.53 Å². The van der Waals surface area contributed by atoms with Crippen LogP contribution in [0.5, 0.6) is 0 Å². The fourth-order valence-electron chi connectivity index (χ4n) is 1.40. The van der Waals surface area contributed by atoms with Gasteiger partial charge < -0.3 is 14.6 Å². The van der Waals surface area contributed by atoms with Gasteiger partial charge in [0.05, 0.1) is 13.4 Å². The summed E-state index contributed by atoms with van der Waals surface area (Å²) in [5.41, 5.74) is 0. The lowest BCUT2D eigenvalue weighted by Gasteiger charge is -2.09. The number of aryl methyl sites for hydroxylation is 1. The molecular weight excluding hydrogens is 286 g/mol. The Labute approximate surface area is 110 Å². The number of hydrogen-bond acceptors (Lipinski definition) is 4. The molecule has 0 aliphatic heterocycles. The molecular formula is C11H18BrN3O2. The minimum Gasteiger partial charge on any atom is -0.468 e. The summed E-state index contributed by atoms with van der Waals surface area (Å²) in [7, 11) is 1.39. The van der Waals surface area contributed by atoms with E-state index in [-0.39, 0.29) is 10.8 Å². The predicted octanol–water partition coefficient (Wildman–Crippen LogP) is 1.19. The molecule has 1 rings (SSSR count). The third-order valence-electron chi connectivity index (χ3n) is 2.36. The van der Waals surface area contributed by atoms with Crippen molar-refractivity contribution in [3.05, 3.63) is 18.7 Å². The molecule has 0 amide bonds. The van der Waals surface area contributed by atoms with E-state index in [4.69, 9.17) is 0 Å². The SMILES string of the molecule is COC(=O)C(Br)CNCCCCn1ccnc1. The number of rotatable bonds is 8. The molecule has 0 saturated heterocycles. The Balaban J connectivity index is 1.96. The summed E-state index contributed by atoms with van der Waals surface area (Å²) in [4.78, 5) is 14.8. The fourth-order valence-corrected chi connectivity index (χ4v) is 1.82. The lowest BCUT2D eigenvalue weighted by atomic mass is 10.3. The van der Waals surface area contributed by atoms with Crippen LogP contribution in [0.3, 0.4) is 0 Å². The van der Waals surface area contributed by atoms with Gasteiger partial charge in [-0.25, -0.2) is 4.98 Å². The van der Waals surface area contributed by atoms with Crippen LogP contribution in [0.25, 0.3) is 0 Å². The zero-order valence-corrected chi connectivity index (χ0v) is 11.5. The van der Waals surface area contributed by atoms with E-state index in [1.54, 1.807) is 6.20 Å². The molecule has 0 fully saturated rings. The summed E-state index contributed by atoms with van der Waals surface area (Å²) in [6.45, 7) is 2.47. The summed E-state index contributed by atoms with van der Waals surface area (Å²) in [6, 6.07) is 0. The first-order valence-electron chi connectivity index (χ1n) is 5.62. The summed E-state index contributed by atoms with van der Waals surface area (Å²) < 4.78 is 6.66. The number of alkyl halides is 1. The summed E-state index contributed by atoms with van der Waals surface area (Å²) in [5, 5.41) is 3.21. The largest absolute Gasteiger partial charge is 0.468 e. The van der Waals surface area contributed by atoms with Crippen LogP contribution in [0, 0.1) is 0 Å². The van der Waals surface area contributed by atoms with E-state index >= 15 is 0 Å². The smallest absolute Gasteiger partial charge is 0.320 e. The summed E-state index contributed by atoms with van der Waals surface area (Å²) >= 11 is 3.25. The van der Waals surface area contributed by atoms with Gasteiger partial charge in [0.25, 0.3) is 0 Å². The number of hydrogen-bond donors (Lipinski definition) is 1. The Morgan fingerprint density at radius 2 is 2.41 bits per heavy atom. The van der Waals surface area contributed by atoms with Gasteiger partial charge in [0, 0.05) is 25.5 Å². The summed E-state index contributed by atoms with van der Waals surface area (Å²) in [5.74, 6) is -0.240. The van der Waals surface area contributed by atoms with Gasteiger partial charge in [0.15, 0.2) is 0 Å². The van der Waals surface area contributed by atoms with Crippen LogP contribution in [0.4, 0.5) is 0 Å². The topological polar surface area (TPSA) is 56.1 Å². The van der Waals surface area contributed by atoms with Gasteiger partial charge in [0.1, 0.15) is 4.83 Å². The highest BCUT2D eigenvalue weighted by Gasteiger charge is 2.13. The van der Waals surface area contributed by atoms with Gasteiger partial charge >= 0.3 is 5.97 Å². The first kappa shape index (κ1) is 14.2. The van der Waals surface area contributed by atoms with Crippen molar-refractivity contribution in [1.29, 1.82) is 0 Å². The van der Waals surface area contributed by atoms with Crippen LogP contribution in [0.15, 0.2) is 18.7 Å². The third kappa shape index (κ3) is 5.83. The predicted molar refractivity (Wildman–Crippen MR) is 69.1 cm³/mol. The Morgan fingerprint density at radius 3 is 3.06 bits per heavy atom. The zero-order chi connectivity index (χ0) is 12.5. The number of ether oxygens (including phenoxy) is 1. The summed E-state index contributed by atoms with van der Waals surface area (Å²) in [6.07, 6.45) is 7.72. The number of nitrogens with zero attached hydrogens (tertiary/aromatic N) is 2. The van der Waals surface area contributed by atoms with E-state index in [1.807, 2.05) is 12.5 Å². The molecule has 0 saturated carbocycles.